The minimum atomic E-state index is -3.82. The molecule has 0 radical (unpaired) electrons. The van der Waals surface area contributed by atoms with E-state index in [9.17, 15) is 13.2 Å². The first kappa shape index (κ1) is 21.8. The molecule has 1 heterocycles. The van der Waals surface area contributed by atoms with Crippen LogP contribution in [0.1, 0.15) is 16.8 Å². The molecule has 1 aromatic heterocycles. The Labute approximate surface area is 180 Å². The van der Waals surface area contributed by atoms with Crippen molar-refractivity contribution in [2.75, 3.05) is 15.8 Å². The number of aromatic nitrogens is 2. The van der Waals surface area contributed by atoms with E-state index in [0.717, 1.165) is 5.75 Å². The minimum absolute atomic E-state index is 0.0121. The molecular weight excluding hydrogens is 420 g/mol. The maximum absolute atomic E-state index is 12.5. The third kappa shape index (κ3) is 6.04. The van der Waals surface area contributed by atoms with Gasteiger partial charge < -0.3 is 5.32 Å². The molecule has 0 saturated carbocycles. The van der Waals surface area contributed by atoms with Crippen molar-refractivity contribution in [2.45, 2.75) is 24.5 Å². The van der Waals surface area contributed by atoms with Crippen LogP contribution in [0.15, 0.2) is 65.7 Å². The number of carbonyl (C=O) groups excluding carboxylic acids is 1. The molecule has 0 aliphatic heterocycles. The number of amides is 1. The summed E-state index contributed by atoms with van der Waals surface area (Å²) in [5, 5.41) is 2.78. The molecule has 0 unspecified atom stereocenters. The second-order valence-electron chi connectivity index (χ2n) is 6.62. The topological polar surface area (TPSA) is 101 Å². The van der Waals surface area contributed by atoms with Crippen molar-refractivity contribution >= 4 is 39.3 Å². The molecule has 0 spiro atoms. The van der Waals surface area contributed by atoms with Crippen LogP contribution in [0.4, 0.5) is 11.6 Å². The van der Waals surface area contributed by atoms with Crippen molar-refractivity contribution in [1.82, 2.24) is 9.97 Å². The summed E-state index contributed by atoms with van der Waals surface area (Å²) in [7, 11) is -3.82. The highest BCUT2D eigenvalue weighted by Crippen LogP contribution is 2.18. The quantitative estimate of drug-likeness (QED) is 0.551. The molecule has 156 valence electrons. The van der Waals surface area contributed by atoms with E-state index in [1.807, 2.05) is 25.1 Å². The summed E-state index contributed by atoms with van der Waals surface area (Å²) in [6.07, 6.45) is 1.48. The van der Waals surface area contributed by atoms with Crippen LogP contribution in [0.5, 0.6) is 0 Å². The summed E-state index contributed by atoms with van der Waals surface area (Å²) in [6, 6.07) is 15.7. The Morgan fingerprint density at radius 1 is 1.03 bits per heavy atom. The van der Waals surface area contributed by atoms with Crippen molar-refractivity contribution in [1.29, 1.82) is 0 Å². The Morgan fingerprint density at radius 2 is 1.77 bits per heavy atom. The van der Waals surface area contributed by atoms with Gasteiger partial charge in [-0.3, -0.25) is 4.79 Å². The van der Waals surface area contributed by atoms with E-state index < -0.39 is 10.0 Å². The number of rotatable bonds is 8. The van der Waals surface area contributed by atoms with Gasteiger partial charge in [0.2, 0.25) is 11.9 Å². The number of nitrogens with one attached hydrogen (secondary N) is 2. The smallest absolute Gasteiger partial charge is 0.264 e. The Morgan fingerprint density at radius 3 is 2.47 bits per heavy atom. The molecule has 3 aromatic rings. The van der Waals surface area contributed by atoms with Gasteiger partial charge in [-0.15, -0.1) is 11.8 Å². The Kier molecular flexibility index (Phi) is 7.07. The summed E-state index contributed by atoms with van der Waals surface area (Å²) in [5.74, 6) is 0.929. The monoisotopic (exact) mass is 442 g/mol. The number of benzene rings is 2. The van der Waals surface area contributed by atoms with E-state index in [1.165, 1.54) is 41.2 Å². The lowest BCUT2D eigenvalue weighted by molar-refractivity contribution is -0.113. The molecule has 9 heteroatoms. The SMILES string of the molecule is Cc1ccnc(NS(=O)(=O)c2ccc(NC(=O)CSCc3ccccc3C)cc2)n1. The zero-order chi connectivity index (χ0) is 21.6. The summed E-state index contributed by atoms with van der Waals surface area (Å²) in [5.41, 5.74) is 3.59. The Balaban J connectivity index is 1.54. The molecule has 0 fully saturated rings. The van der Waals surface area contributed by atoms with E-state index >= 15 is 0 Å². The molecule has 0 bridgehead atoms. The molecule has 0 aliphatic rings. The van der Waals surface area contributed by atoms with Gasteiger partial charge in [0, 0.05) is 23.3 Å². The third-order valence-corrected chi connectivity index (χ3v) is 6.55. The highest BCUT2D eigenvalue weighted by molar-refractivity contribution is 7.99. The molecule has 2 aromatic carbocycles. The predicted molar refractivity (Wildman–Crippen MR) is 120 cm³/mol. The van der Waals surface area contributed by atoms with E-state index in [4.69, 9.17) is 0 Å². The normalized spacial score (nSPS) is 11.1. The van der Waals surface area contributed by atoms with Gasteiger partial charge in [0.1, 0.15) is 0 Å². The maximum atomic E-state index is 12.5. The van der Waals surface area contributed by atoms with Gasteiger partial charge in [-0.05, 0) is 55.3 Å². The van der Waals surface area contributed by atoms with Crippen LogP contribution in [0.25, 0.3) is 0 Å². The number of nitrogens with zero attached hydrogens (tertiary/aromatic N) is 2. The van der Waals surface area contributed by atoms with Gasteiger partial charge in [0.05, 0.1) is 10.6 Å². The molecule has 7 nitrogen and oxygen atoms in total. The Bertz CT molecular complexity index is 1130. The number of sulfonamides is 1. The van der Waals surface area contributed by atoms with Crippen molar-refractivity contribution in [3.63, 3.8) is 0 Å². The summed E-state index contributed by atoms with van der Waals surface area (Å²) in [6.45, 7) is 3.79. The van der Waals surface area contributed by atoms with Gasteiger partial charge in [0.25, 0.3) is 10.0 Å². The van der Waals surface area contributed by atoms with Crippen molar-refractivity contribution in [3.8, 4) is 0 Å². The minimum Gasteiger partial charge on any atom is -0.325 e. The van der Waals surface area contributed by atoms with Crippen LogP contribution >= 0.6 is 11.8 Å². The first-order valence-electron chi connectivity index (χ1n) is 9.18. The van der Waals surface area contributed by atoms with Crippen molar-refractivity contribution < 1.29 is 13.2 Å². The number of hydrogen-bond donors (Lipinski definition) is 2. The number of hydrogen-bond acceptors (Lipinski definition) is 6. The summed E-state index contributed by atoms with van der Waals surface area (Å²) < 4.78 is 27.3. The lowest BCUT2D eigenvalue weighted by atomic mass is 10.1. The zero-order valence-electron chi connectivity index (χ0n) is 16.6. The van der Waals surface area contributed by atoms with E-state index in [-0.39, 0.29) is 16.8 Å². The predicted octanol–water partition coefficient (Wildman–Crippen LogP) is 3.77. The van der Waals surface area contributed by atoms with Gasteiger partial charge in [0.15, 0.2) is 0 Å². The number of anilines is 2. The number of carbonyl (C=O) groups is 1. The summed E-state index contributed by atoms with van der Waals surface area (Å²) >= 11 is 1.53. The molecule has 0 saturated heterocycles. The lowest BCUT2D eigenvalue weighted by Crippen LogP contribution is -2.16. The van der Waals surface area contributed by atoms with Crippen LogP contribution in [0.3, 0.4) is 0 Å². The van der Waals surface area contributed by atoms with Crippen LogP contribution in [-0.4, -0.2) is 30.0 Å². The first-order chi connectivity index (χ1) is 14.3. The van der Waals surface area contributed by atoms with Gasteiger partial charge in [-0.2, -0.15) is 0 Å². The van der Waals surface area contributed by atoms with Gasteiger partial charge in [-0.25, -0.2) is 23.1 Å². The second-order valence-corrected chi connectivity index (χ2v) is 9.29. The standard InChI is InChI=1S/C21H22N4O3S2/c1-15-5-3-4-6-17(15)13-29-14-20(26)24-18-7-9-19(10-8-18)30(27,28)25-21-22-12-11-16(2)23-21/h3-12H,13-14H2,1-2H3,(H,24,26)(H,22,23,25). The third-order valence-electron chi connectivity index (χ3n) is 4.22. The number of aryl methyl sites for hydroxylation is 2. The van der Waals surface area contributed by atoms with Crippen LogP contribution < -0.4 is 10.0 Å². The lowest BCUT2D eigenvalue weighted by Gasteiger charge is -2.09. The fraction of sp³-hybridized carbons (Fsp3) is 0.190. The van der Waals surface area contributed by atoms with Crippen molar-refractivity contribution in [2.24, 2.45) is 0 Å². The van der Waals surface area contributed by atoms with Crippen molar-refractivity contribution in [3.05, 3.63) is 77.6 Å². The highest BCUT2D eigenvalue weighted by atomic mass is 32.2. The molecule has 0 atom stereocenters. The van der Waals surface area contributed by atoms with Gasteiger partial charge >= 0.3 is 0 Å². The molecule has 1 amide bonds. The molecular formula is C21H22N4O3S2. The first-order valence-corrected chi connectivity index (χ1v) is 11.8. The molecule has 30 heavy (non-hydrogen) atoms. The zero-order valence-corrected chi connectivity index (χ0v) is 18.3. The van der Waals surface area contributed by atoms with Gasteiger partial charge in [-0.1, -0.05) is 24.3 Å². The van der Waals surface area contributed by atoms with Crippen LogP contribution in [0.2, 0.25) is 0 Å². The number of thioether (sulfide) groups is 1. The van der Waals surface area contributed by atoms with Crippen LogP contribution in [0, 0.1) is 13.8 Å². The molecule has 0 aliphatic carbocycles. The average molecular weight is 443 g/mol. The fourth-order valence-electron chi connectivity index (χ4n) is 2.62. The van der Waals surface area contributed by atoms with Crippen LogP contribution in [-0.2, 0) is 20.6 Å². The van der Waals surface area contributed by atoms with E-state index in [2.05, 4.69) is 26.1 Å². The fourth-order valence-corrected chi connectivity index (χ4v) is 4.47. The molecule has 3 rings (SSSR count). The molecule has 2 N–H and O–H groups in total. The Hall–Kier alpha value is -2.91. The average Bonchev–Trinajstić information content (AvgIpc) is 2.69. The largest absolute Gasteiger partial charge is 0.325 e. The highest BCUT2D eigenvalue weighted by Gasteiger charge is 2.16. The van der Waals surface area contributed by atoms with E-state index in [0.29, 0.717) is 17.1 Å². The summed E-state index contributed by atoms with van der Waals surface area (Å²) in [4.78, 5) is 20.2. The second kappa shape index (κ2) is 9.73. The van der Waals surface area contributed by atoms with E-state index in [1.54, 1.807) is 25.1 Å². The maximum Gasteiger partial charge on any atom is 0.264 e.